The third-order valence-corrected chi connectivity index (χ3v) is 7.34. The highest BCUT2D eigenvalue weighted by Gasteiger charge is 2.24. The van der Waals surface area contributed by atoms with Gasteiger partial charge in [0.15, 0.2) is 0 Å². The Bertz CT molecular complexity index is 1550. The highest BCUT2D eigenvalue weighted by molar-refractivity contribution is 6.06. The van der Waals surface area contributed by atoms with Crippen LogP contribution in [-0.2, 0) is 11.3 Å². The number of rotatable bonds is 6. The quantitative estimate of drug-likeness (QED) is 0.402. The van der Waals surface area contributed by atoms with E-state index in [0.29, 0.717) is 24.0 Å². The van der Waals surface area contributed by atoms with Crippen molar-refractivity contribution in [2.24, 2.45) is 5.73 Å². The van der Waals surface area contributed by atoms with Gasteiger partial charge in [0.1, 0.15) is 5.52 Å². The third-order valence-electron chi connectivity index (χ3n) is 7.34. The number of primary amides is 1. The number of benzene rings is 3. The van der Waals surface area contributed by atoms with Crippen LogP contribution in [0.3, 0.4) is 0 Å². The molecule has 2 fully saturated rings. The van der Waals surface area contributed by atoms with Crippen LogP contribution in [-0.4, -0.2) is 65.2 Å². The van der Waals surface area contributed by atoms with Gasteiger partial charge < -0.3 is 10.6 Å². The van der Waals surface area contributed by atoms with E-state index in [1.54, 1.807) is 15.6 Å². The van der Waals surface area contributed by atoms with E-state index in [1.807, 2.05) is 48.7 Å². The molecule has 4 aromatic rings. The van der Waals surface area contributed by atoms with Gasteiger partial charge in [-0.3, -0.25) is 24.7 Å². The van der Waals surface area contributed by atoms with E-state index in [2.05, 4.69) is 38.4 Å². The summed E-state index contributed by atoms with van der Waals surface area (Å²) in [5, 5.41) is 7.85. The van der Waals surface area contributed by atoms with Crippen LogP contribution in [0.4, 0.5) is 16.2 Å². The number of hydrogen-bond acceptors (Lipinski definition) is 6. The first-order valence-corrected chi connectivity index (χ1v) is 13.0. The first-order valence-electron chi connectivity index (χ1n) is 13.0. The number of nitrogens with zero attached hydrogens (tertiary/aromatic N) is 5. The van der Waals surface area contributed by atoms with Crippen LogP contribution < -0.4 is 20.9 Å². The Morgan fingerprint density at radius 1 is 0.872 bits per heavy atom. The summed E-state index contributed by atoms with van der Waals surface area (Å²) in [6.45, 7) is 4.86. The summed E-state index contributed by atoms with van der Waals surface area (Å²) in [5.41, 5.74) is 10.5. The zero-order valence-electron chi connectivity index (χ0n) is 21.4. The maximum absolute atomic E-state index is 12.2. The van der Waals surface area contributed by atoms with Gasteiger partial charge >= 0.3 is 6.03 Å². The molecular formula is C29H29N7O3. The van der Waals surface area contributed by atoms with E-state index in [1.165, 1.54) is 0 Å². The molecule has 2 aliphatic rings. The SMILES string of the molecule is NC(=O)c1cccc2cn(-c3ccc(N4CCN(Cc5cccc(N6CCC(=O)NC6=O)c5)CC4)cc3)nc12. The van der Waals surface area contributed by atoms with Crippen LogP contribution >= 0.6 is 0 Å². The molecule has 0 aliphatic carbocycles. The van der Waals surface area contributed by atoms with E-state index in [0.717, 1.165) is 60.7 Å². The zero-order chi connectivity index (χ0) is 26.9. The number of urea groups is 1. The Labute approximate surface area is 225 Å². The van der Waals surface area contributed by atoms with E-state index in [9.17, 15) is 14.4 Å². The number of fused-ring (bicyclic) bond motifs is 1. The lowest BCUT2D eigenvalue weighted by molar-refractivity contribution is -0.120. The molecule has 0 unspecified atom stereocenters. The Hall–Kier alpha value is -4.70. The molecule has 0 radical (unpaired) electrons. The number of carbonyl (C=O) groups is 3. The monoisotopic (exact) mass is 523 g/mol. The summed E-state index contributed by atoms with van der Waals surface area (Å²) in [5.74, 6) is -0.714. The van der Waals surface area contributed by atoms with E-state index < -0.39 is 5.91 Å². The Kier molecular flexibility index (Phi) is 6.45. The maximum Gasteiger partial charge on any atom is 0.328 e. The molecule has 10 heteroatoms. The fourth-order valence-electron chi connectivity index (χ4n) is 5.25. The predicted octanol–water partition coefficient (Wildman–Crippen LogP) is 2.89. The topological polar surface area (TPSA) is 117 Å². The molecular weight excluding hydrogens is 494 g/mol. The molecule has 3 aromatic carbocycles. The van der Waals surface area contributed by atoms with Crippen LogP contribution in [0.15, 0.2) is 72.9 Å². The second-order valence-corrected chi connectivity index (χ2v) is 9.89. The van der Waals surface area contributed by atoms with Crippen LogP contribution in [0.2, 0.25) is 0 Å². The molecule has 0 saturated carbocycles. The van der Waals surface area contributed by atoms with Gasteiger partial charge in [-0.15, -0.1) is 0 Å². The molecule has 3 heterocycles. The van der Waals surface area contributed by atoms with Crippen molar-refractivity contribution in [3.63, 3.8) is 0 Å². The number of hydrogen-bond donors (Lipinski definition) is 2. The number of imide groups is 1. The van der Waals surface area contributed by atoms with Gasteiger partial charge in [-0.25, -0.2) is 9.48 Å². The number of amides is 4. The molecule has 0 bridgehead atoms. The second kappa shape index (κ2) is 10.2. The Morgan fingerprint density at radius 3 is 2.36 bits per heavy atom. The number of anilines is 2. The molecule has 4 amide bonds. The summed E-state index contributed by atoms with van der Waals surface area (Å²) in [6.07, 6.45) is 2.22. The number of nitrogens with two attached hydrogens (primary N) is 1. The average molecular weight is 524 g/mol. The third kappa shape index (κ3) is 5.06. The fraction of sp³-hybridized carbons (Fsp3) is 0.241. The number of piperazine rings is 1. The van der Waals surface area contributed by atoms with Crippen molar-refractivity contribution < 1.29 is 14.4 Å². The summed E-state index contributed by atoms with van der Waals surface area (Å²) < 4.78 is 1.78. The molecule has 3 N–H and O–H groups in total. The molecule has 1 aromatic heterocycles. The van der Waals surface area contributed by atoms with Gasteiger partial charge in [-0.05, 0) is 48.0 Å². The Morgan fingerprint density at radius 2 is 1.62 bits per heavy atom. The lowest BCUT2D eigenvalue weighted by atomic mass is 10.1. The lowest BCUT2D eigenvalue weighted by Crippen LogP contribution is -2.49. The molecule has 2 aliphatic heterocycles. The van der Waals surface area contributed by atoms with Crippen molar-refractivity contribution in [1.82, 2.24) is 20.0 Å². The first-order chi connectivity index (χ1) is 18.9. The number of carbonyl (C=O) groups excluding carboxylic acids is 3. The fourth-order valence-corrected chi connectivity index (χ4v) is 5.25. The van der Waals surface area contributed by atoms with Gasteiger partial charge in [-0.2, -0.15) is 5.10 Å². The van der Waals surface area contributed by atoms with Crippen LogP contribution in [0.1, 0.15) is 22.3 Å². The minimum atomic E-state index is -0.486. The smallest absolute Gasteiger partial charge is 0.328 e. The predicted molar refractivity (Wildman–Crippen MR) is 149 cm³/mol. The average Bonchev–Trinajstić information content (AvgIpc) is 3.38. The second-order valence-electron chi connectivity index (χ2n) is 9.89. The zero-order valence-corrected chi connectivity index (χ0v) is 21.4. The van der Waals surface area contributed by atoms with Crippen molar-refractivity contribution in [3.8, 4) is 5.69 Å². The number of nitrogens with one attached hydrogen (secondary N) is 1. The molecule has 0 atom stereocenters. The van der Waals surface area contributed by atoms with Crippen LogP contribution in [0.5, 0.6) is 0 Å². The Balaban J connectivity index is 1.08. The minimum absolute atomic E-state index is 0.228. The van der Waals surface area contributed by atoms with Crippen molar-refractivity contribution in [3.05, 3.63) is 84.1 Å². The summed E-state index contributed by atoms with van der Waals surface area (Å²) in [4.78, 5) is 41.8. The highest BCUT2D eigenvalue weighted by Crippen LogP contribution is 2.24. The van der Waals surface area contributed by atoms with Crippen molar-refractivity contribution in [2.45, 2.75) is 13.0 Å². The molecule has 6 rings (SSSR count). The van der Waals surface area contributed by atoms with Crippen LogP contribution in [0, 0.1) is 0 Å². The van der Waals surface area contributed by atoms with Gasteiger partial charge in [-0.1, -0.05) is 24.3 Å². The van der Waals surface area contributed by atoms with Crippen molar-refractivity contribution in [1.29, 1.82) is 0 Å². The first kappa shape index (κ1) is 24.6. The lowest BCUT2D eigenvalue weighted by Gasteiger charge is -2.36. The summed E-state index contributed by atoms with van der Waals surface area (Å²) >= 11 is 0. The van der Waals surface area contributed by atoms with Gasteiger partial charge in [0.2, 0.25) is 5.91 Å². The molecule has 0 spiro atoms. The number of aromatic nitrogens is 2. The normalized spacial score (nSPS) is 16.5. The molecule has 10 nitrogen and oxygen atoms in total. The molecule has 39 heavy (non-hydrogen) atoms. The standard InChI is InChI=1S/C29H29N7O3/c30-28(38)25-6-2-4-21-19-36(32-27(21)25)23-9-7-22(8-10-23)34-15-13-33(14-16-34)18-20-3-1-5-24(17-20)35-12-11-26(37)31-29(35)39/h1-10,17,19H,11-16,18H2,(H2,30,38)(H,31,37,39). The molecule has 2 saturated heterocycles. The van der Waals surface area contributed by atoms with E-state index >= 15 is 0 Å². The van der Waals surface area contributed by atoms with Crippen LogP contribution in [0.25, 0.3) is 16.6 Å². The largest absolute Gasteiger partial charge is 0.369 e. The van der Waals surface area contributed by atoms with E-state index in [-0.39, 0.29) is 11.9 Å². The van der Waals surface area contributed by atoms with Gasteiger partial charge in [0.25, 0.3) is 5.91 Å². The van der Waals surface area contributed by atoms with Gasteiger partial charge in [0, 0.05) is 68.6 Å². The highest BCUT2D eigenvalue weighted by atomic mass is 16.2. The summed E-state index contributed by atoms with van der Waals surface area (Å²) in [6, 6.07) is 21.3. The van der Waals surface area contributed by atoms with E-state index in [4.69, 9.17) is 5.73 Å². The van der Waals surface area contributed by atoms with Crippen molar-refractivity contribution >= 4 is 40.1 Å². The van der Waals surface area contributed by atoms with Gasteiger partial charge in [0.05, 0.1) is 11.3 Å². The minimum Gasteiger partial charge on any atom is -0.369 e. The molecule has 198 valence electrons. The summed E-state index contributed by atoms with van der Waals surface area (Å²) in [7, 11) is 0. The maximum atomic E-state index is 12.2. The van der Waals surface area contributed by atoms with Crippen molar-refractivity contribution in [2.75, 3.05) is 42.5 Å².